The van der Waals surface area contributed by atoms with E-state index in [4.69, 9.17) is 5.73 Å². The molecule has 1 atom stereocenters. The zero-order valence-electron chi connectivity index (χ0n) is 9.36. The molecule has 1 amide bonds. The van der Waals surface area contributed by atoms with Crippen LogP contribution in [-0.2, 0) is 9.84 Å². The zero-order valence-corrected chi connectivity index (χ0v) is 10.2. The number of carbonyl (C=O) groups excluding carboxylic acids is 1. The van der Waals surface area contributed by atoms with E-state index in [9.17, 15) is 13.2 Å². The molecule has 8 heteroatoms. The van der Waals surface area contributed by atoms with Crippen LogP contribution in [0.15, 0.2) is 6.20 Å². The first-order valence-electron chi connectivity index (χ1n) is 5.13. The van der Waals surface area contributed by atoms with Crippen molar-refractivity contribution >= 4 is 21.6 Å². The van der Waals surface area contributed by atoms with Gasteiger partial charge in [-0.2, -0.15) is 5.10 Å². The maximum atomic E-state index is 11.9. The normalized spacial score (nSPS) is 26.9. The number of hydrogen-bond acceptors (Lipinski definition) is 5. The summed E-state index contributed by atoms with van der Waals surface area (Å²) in [5.74, 6) is -0.170. The molecule has 1 aromatic rings. The average Bonchev–Trinajstić information content (AvgIpc) is 2.70. The second kappa shape index (κ2) is 3.73. The fourth-order valence-corrected chi connectivity index (χ4v) is 4.02. The molecule has 2 rings (SSSR count). The molecular weight excluding hydrogens is 244 g/mol. The van der Waals surface area contributed by atoms with Crippen LogP contribution in [0.4, 0.5) is 5.82 Å². The van der Waals surface area contributed by atoms with E-state index in [1.807, 2.05) is 0 Å². The van der Waals surface area contributed by atoms with Crippen molar-refractivity contribution in [1.29, 1.82) is 0 Å². The van der Waals surface area contributed by atoms with E-state index in [1.165, 1.54) is 6.20 Å². The van der Waals surface area contributed by atoms with Crippen LogP contribution in [0, 0.1) is 0 Å². The Morgan fingerprint density at radius 1 is 1.65 bits per heavy atom. The summed E-state index contributed by atoms with van der Waals surface area (Å²) in [6.45, 7) is 1.71. The molecule has 1 fully saturated rings. The van der Waals surface area contributed by atoms with Gasteiger partial charge in [-0.15, -0.1) is 0 Å². The number of rotatable bonds is 2. The number of nitrogens with two attached hydrogens (primary N) is 1. The Balaban J connectivity index is 2.13. The molecule has 1 aliphatic heterocycles. The van der Waals surface area contributed by atoms with Crippen LogP contribution in [0.3, 0.4) is 0 Å². The molecule has 1 aliphatic rings. The van der Waals surface area contributed by atoms with Crippen molar-refractivity contribution in [3.05, 3.63) is 11.8 Å². The van der Waals surface area contributed by atoms with E-state index >= 15 is 0 Å². The molecule has 0 radical (unpaired) electrons. The predicted molar refractivity (Wildman–Crippen MR) is 62.1 cm³/mol. The van der Waals surface area contributed by atoms with E-state index in [-0.39, 0.29) is 22.9 Å². The van der Waals surface area contributed by atoms with Gasteiger partial charge < -0.3 is 11.1 Å². The summed E-state index contributed by atoms with van der Waals surface area (Å²) < 4.78 is 22.8. The number of nitrogens with one attached hydrogen (secondary N) is 2. The Kier molecular flexibility index (Phi) is 2.61. The zero-order chi connectivity index (χ0) is 12.7. The molecule has 0 bridgehead atoms. The molecule has 7 nitrogen and oxygen atoms in total. The number of nitrogens with zero attached hydrogens (tertiary/aromatic N) is 1. The smallest absolute Gasteiger partial charge is 0.257 e. The minimum Gasteiger partial charge on any atom is -0.383 e. The quantitative estimate of drug-likeness (QED) is 0.648. The lowest BCUT2D eigenvalue weighted by Crippen LogP contribution is -2.47. The molecule has 1 unspecified atom stereocenters. The number of hydrogen-bond donors (Lipinski definition) is 3. The summed E-state index contributed by atoms with van der Waals surface area (Å²) >= 11 is 0. The van der Waals surface area contributed by atoms with Crippen LogP contribution >= 0.6 is 0 Å². The van der Waals surface area contributed by atoms with Gasteiger partial charge in [0.1, 0.15) is 11.4 Å². The number of aromatic nitrogens is 2. The standard InChI is InChI=1S/C9H14N4O3S/c1-9(2-3-17(15,16)5-9)12-8(14)6-4-11-13-7(6)10/h4H,2-3,5H2,1H3,(H,12,14)(H3,10,11,13). The second-order valence-corrected chi connectivity index (χ2v) is 6.74. The van der Waals surface area contributed by atoms with E-state index in [2.05, 4.69) is 15.5 Å². The fraction of sp³-hybridized carbons (Fsp3) is 0.556. The third-order valence-corrected chi connectivity index (χ3v) is 4.74. The van der Waals surface area contributed by atoms with Gasteiger partial charge in [-0.05, 0) is 13.3 Å². The molecule has 17 heavy (non-hydrogen) atoms. The van der Waals surface area contributed by atoms with Crippen molar-refractivity contribution in [3.63, 3.8) is 0 Å². The van der Waals surface area contributed by atoms with E-state index in [0.29, 0.717) is 6.42 Å². The lowest BCUT2D eigenvalue weighted by atomic mass is 10.0. The molecule has 1 aromatic heterocycles. The van der Waals surface area contributed by atoms with Gasteiger partial charge in [-0.1, -0.05) is 0 Å². The van der Waals surface area contributed by atoms with Crippen LogP contribution in [0.25, 0.3) is 0 Å². The topological polar surface area (TPSA) is 118 Å². The predicted octanol–water partition coefficient (Wildman–Crippen LogP) is -0.701. The molecule has 1 saturated heterocycles. The van der Waals surface area contributed by atoms with Gasteiger partial charge in [-0.3, -0.25) is 9.89 Å². The second-order valence-electron chi connectivity index (χ2n) is 4.55. The Labute approximate surface area is 98.7 Å². The third-order valence-electron chi connectivity index (χ3n) is 2.83. The first kappa shape index (κ1) is 11.9. The first-order chi connectivity index (χ1) is 7.81. The van der Waals surface area contributed by atoms with Gasteiger partial charge in [0.15, 0.2) is 9.84 Å². The summed E-state index contributed by atoms with van der Waals surface area (Å²) in [7, 11) is -3.05. The van der Waals surface area contributed by atoms with Gasteiger partial charge in [-0.25, -0.2) is 8.42 Å². The number of carbonyl (C=O) groups is 1. The number of amides is 1. The summed E-state index contributed by atoms with van der Waals surface area (Å²) in [4.78, 5) is 11.9. The summed E-state index contributed by atoms with van der Waals surface area (Å²) in [6, 6.07) is 0. The Morgan fingerprint density at radius 2 is 2.35 bits per heavy atom. The van der Waals surface area contributed by atoms with Crippen LogP contribution < -0.4 is 11.1 Å². The van der Waals surface area contributed by atoms with Gasteiger partial charge in [0, 0.05) is 0 Å². The minimum absolute atomic E-state index is 0.0382. The maximum absolute atomic E-state index is 11.9. The molecule has 0 spiro atoms. The highest BCUT2D eigenvalue weighted by Gasteiger charge is 2.39. The first-order valence-corrected chi connectivity index (χ1v) is 6.95. The highest BCUT2D eigenvalue weighted by molar-refractivity contribution is 7.91. The van der Waals surface area contributed by atoms with E-state index < -0.39 is 21.3 Å². The minimum atomic E-state index is -3.05. The van der Waals surface area contributed by atoms with Gasteiger partial charge in [0.25, 0.3) is 5.91 Å². The summed E-state index contributed by atoms with van der Waals surface area (Å²) in [6.07, 6.45) is 1.73. The van der Waals surface area contributed by atoms with Crippen molar-refractivity contribution in [2.45, 2.75) is 18.9 Å². The average molecular weight is 258 g/mol. The van der Waals surface area contributed by atoms with Gasteiger partial charge >= 0.3 is 0 Å². The number of aromatic amines is 1. The Morgan fingerprint density at radius 3 is 2.82 bits per heavy atom. The lowest BCUT2D eigenvalue weighted by molar-refractivity contribution is 0.0916. The van der Waals surface area contributed by atoms with Crippen molar-refractivity contribution < 1.29 is 13.2 Å². The SMILES string of the molecule is CC1(NC(=O)c2cn[nH]c2N)CCS(=O)(=O)C1. The third kappa shape index (κ3) is 2.41. The molecule has 0 saturated carbocycles. The Hall–Kier alpha value is -1.57. The molecule has 4 N–H and O–H groups in total. The highest BCUT2D eigenvalue weighted by Crippen LogP contribution is 2.23. The number of H-pyrrole nitrogens is 1. The van der Waals surface area contributed by atoms with Crippen molar-refractivity contribution in [1.82, 2.24) is 15.5 Å². The largest absolute Gasteiger partial charge is 0.383 e. The fourth-order valence-electron chi connectivity index (χ4n) is 1.93. The van der Waals surface area contributed by atoms with Gasteiger partial charge in [0.05, 0.1) is 23.2 Å². The van der Waals surface area contributed by atoms with Gasteiger partial charge in [0.2, 0.25) is 0 Å². The van der Waals surface area contributed by atoms with Crippen LogP contribution in [0.5, 0.6) is 0 Å². The van der Waals surface area contributed by atoms with E-state index in [1.54, 1.807) is 6.92 Å². The van der Waals surface area contributed by atoms with Crippen molar-refractivity contribution in [2.75, 3.05) is 17.2 Å². The van der Waals surface area contributed by atoms with Crippen LogP contribution in [0.2, 0.25) is 0 Å². The van der Waals surface area contributed by atoms with E-state index in [0.717, 1.165) is 0 Å². The molecular formula is C9H14N4O3S. The Bertz CT molecular complexity index is 550. The number of anilines is 1. The van der Waals surface area contributed by atoms with Crippen molar-refractivity contribution in [3.8, 4) is 0 Å². The number of sulfone groups is 1. The lowest BCUT2D eigenvalue weighted by Gasteiger charge is -2.23. The van der Waals surface area contributed by atoms with Crippen LogP contribution in [-0.4, -0.2) is 41.6 Å². The number of nitrogen functional groups attached to an aromatic ring is 1. The van der Waals surface area contributed by atoms with Crippen LogP contribution in [0.1, 0.15) is 23.7 Å². The summed E-state index contributed by atoms with van der Waals surface area (Å²) in [5.41, 5.74) is 5.02. The summed E-state index contributed by atoms with van der Waals surface area (Å²) in [5, 5.41) is 8.79. The molecule has 0 aliphatic carbocycles. The highest BCUT2D eigenvalue weighted by atomic mass is 32.2. The molecule has 2 heterocycles. The molecule has 94 valence electrons. The van der Waals surface area contributed by atoms with Crippen molar-refractivity contribution in [2.24, 2.45) is 0 Å². The molecule has 0 aromatic carbocycles. The monoisotopic (exact) mass is 258 g/mol. The maximum Gasteiger partial charge on any atom is 0.257 e.